The van der Waals surface area contributed by atoms with Crippen LogP contribution in [0.5, 0.6) is 5.75 Å². The number of benzene rings is 3. The summed E-state index contributed by atoms with van der Waals surface area (Å²) in [5.41, 5.74) is 3.65. The molecule has 4 rings (SSSR count). The number of hydrogen-bond donors (Lipinski definition) is 1. The number of aliphatic hydroxyl groups excluding tert-OH is 1. The first-order valence-corrected chi connectivity index (χ1v) is 11.2. The van der Waals surface area contributed by atoms with Crippen molar-refractivity contribution in [1.29, 1.82) is 0 Å². The predicted molar refractivity (Wildman–Crippen MR) is 125 cm³/mol. The van der Waals surface area contributed by atoms with Gasteiger partial charge in [0.05, 0.1) is 7.11 Å². The van der Waals surface area contributed by atoms with Gasteiger partial charge in [-0.2, -0.15) is 0 Å². The highest BCUT2D eigenvalue weighted by Gasteiger charge is 2.20. The van der Waals surface area contributed by atoms with E-state index in [9.17, 15) is 18.3 Å². The monoisotopic (exact) mass is 452 g/mol. The zero-order valence-corrected chi connectivity index (χ0v) is 18.6. The summed E-state index contributed by atoms with van der Waals surface area (Å²) in [6.45, 7) is 0.121. The maximum Gasteiger partial charge on any atom is 0.166 e. The van der Waals surface area contributed by atoms with E-state index in [-0.39, 0.29) is 18.3 Å². The Morgan fingerprint density at radius 1 is 0.909 bits per heavy atom. The summed E-state index contributed by atoms with van der Waals surface area (Å²) < 4.78 is 48.9. The van der Waals surface area contributed by atoms with Crippen molar-refractivity contribution in [3.05, 3.63) is 94.8 Å². The minimum Gasteiger partial charge on any atom is -0.497 e. The fourth-order valence-electron chi connectivity index (χ4n) is 4.32. The molecule has 33 heavy (non-hydrogen) atoms. The van der Waals surface area contributed by atoms with Crippen molar-refractivity contribution in [2.24, 2.45) is 5.92 Å². The second-order valence-electron chi connectivity index (χ2n) is 8.50. The molecule has 1 N–H and O–H groups in total. The van der Waals surface area contributed by atoms with E-state index in [0.717, 1.165) is 23.1 Å². The number of aryl methyl sites for hydroxylation is 2. The van der Waals surface area contributed by atoms with Gasteiger partial charge in [0, 0.05) is 23.8 Å². The minimum atomic E-state index is -0.800. The quantitative estimate of drug-likeness (QED) is 0.430. The van der Waals surface area contributed by atoms with E-state index >= 15 is 0 Å². The molecule has 0 saturated heterocycles. The Bertz CT molecular complexity index is 1150. The van der Waals surface area contributed by atoms with Gasteiger partial charge >= 0.3 is 0 Å². The number of allylic oxidation sites excluding steroid dienone is 2. The lowest BCUT2D eigenvalue weighted by atomic mass is 9.86. The third-order valence-electron chi connectivity index (χ3n) is 6.41. The molecule has 0 bridgehead atoms. The van der Waals surface area contributed by atoms with Crippen molar-refractivity contribution < 1.29 is 23.0 Å². The van der Waals surface area contributed by atoms with Crippen molar-refractivity contribution in [3.8, 4) is 16.9 Å². The third kappa shape index (κ3) is 5.14. The lowest BCUT2D eigenvalue weighted by molar-refractivity contribution is 0.218. The average Bonchev–Trinajstić information content (AvgIpc) is 2.85. The first-order valence-electron chi connectivity index (χ1n) is 11.2. The molecule has 0 amide bonds. The first-order chi connectivity index (χ1) is 16.0. The maximum absolute atomic E-state index is 14.8. The number of methoxy groups -OCH3 is 1. The van der Waals surface area contributed by atoms with Crippen LogP contribution in [0.1, 0.15) is 36.0 Å². The summed E-state index contributed by atoms with van der Waals surface area (Å²) in [5, 5.41) is 9.26. The average molecular weight is 453 g/mol. The van der Waals surface area contributed by atoms with Crippen LogP contribution < -0.4 is 4.74 Å². The number of rotatable bonds is 7. The van der Waals surface area contributed by atoms with E-state index in [1.54, 1.807) is 24.3 Å². The largest absolute Gasteiger partial charge is 0.497 e. The van der Waals surface area contributed by atoms with Crippen LogP contribution in [-0.4, -0.2) is 18.8 Å². The number of halogens is 3. The predicted octanol–water partition coefficient (Wildman–Crippen LogP) is 6.74. The second kappa shape index (κ2) is 10.3. The van der Waals surface area contributed by atoms with Crippen molar-refractivity contribution in [3.63, 3.8) is 0 Å². The molecular weight excluding hydrogens is 425 g/mol. The highest BCUT2D eigenvalue weighted by atomic mass is 19.2. The maximum atomic E-state index is 14.8. The highest BCUT2D eigenvalue weighted by Crippen LogP contribution is 2.33. The Kier molecular flexibility index (Phi) is 7.19. The van der Waals surface area contributed by atoms with Gasteiger partial charge in [0.2, 0.25) is 0 Å². The Morgan fingerprint density at radius 3 is 2.30 bits per heavy atom. The van der Waals surface area contributed by atoms with Gasteiger partial charge < -0.3 is 9.84 Å². The standard InChI is InChI=1S/C28H27F3O2/c1-33-23-13-15-24(26(29)16-23)20-7-2-18(3-8-20)4-11-22-12-14-25(28(31)27(22)30)21-9-5-19(17-32)6-10-21/h2-3,7-9,12-16,19,32H,4-6,10-11,17H2,1H3. The molecule has 0 aliphatic heterocycles. The molecule has 1 aliphatic rings. The van der Waals surface area contributed by atoms with Crippen molar-refractivity contribution in [2.45, 2.75) is 32.1 Å². The van der Waals surface area contributed by atoms with Gasteiger partial charge in [-0.25, -0.2) is 13.2 Å². The van der Waals surface area contributed by atoms with Crippen LogP contribution in [0.2, 0.25) is 0 Å². The van der Waals surface area contributed by atoms with Gasteiger partial charge in [0.25, 0.3) is 0 Å². The van der Waals surface area contributed by atoms with E-state index in [1.165, 1.54) is 13.2 Å². The number of hydrogen-bond acceptors (Lipinski definition) is 2. The normalized spacial score (nSPS) is 15.9. The zero-order chi connectivity index (χ0) is 23.4. The number of ether oxygens (including phenoxy) is 1. The Balaban J connectivity index is 1.44. The third-order valence-corrected chi connectivity index (χ3v) is 6.41. The molecule has 1 aliphatic carbocycles. The van der Waals surface area contributed by atoms with Crippen LogP contribution in [0.3, 0.4) is 0 Å². The molecule has 0 saturated carbocycles. The van der Waals surface area contributed by atoms with Crippen molar-refractivity contribution in [1.82, 2.24) is 0 Å². The van der Waals surface area contributed by atoms with E-state index in [0.29, 0.717) is 48.1 Å². The second-order valence-corrected chi connectivity index (χ2v) is 8.50. The van der Waals surface area contributed by atoms with Crippen molar-refractivity contribution in [2.75, 3.05) is 13.7 Å². The Labute approximate surface area is 192 Å². The van der Waals surface area contributed by atoms with Crippen LogP contribution in [-0.2, 0) is 12.8 Å². The molecule has 0 radical (unpaired) electrons. The van der Waals surface area contributed by atoms with Gasteiger partial charge in [-0.05, 0) is 72.4 Å². The summed E-state index contributed by atoms with van der Waals surface area (Å²) in [4.78, 5) is 0. The zero-order valence-electron chi connectivity index (χ0n) is 18.6. The van der Waals surface area contributed by atoms with E-state index in [4.69, 9.17) is 4.74 Å². The molecule has 172 valence electrons. The summed E-state index contributed by atoms with van der Waals surface area (Å²) in [5.74, 6) is -1.29. The van der Waals surface area contributed by atoms with Crippen LogP contribution in [0.15, 0.2) is 60.7 Å². The van der Waals surface area contributed by atoms with E-state index in [1.807, 2.05) is 30.3 Å². The minimum absolute atomic E-state index is 0.121. The van der Waals surface area contributed by atoms with E-state index in [2.05, 4.69) is 0 Å². The Hall–Kier alpha value is -3.05. The highest BCUT2D eigenvalue weighted by molar-refractivity contribution is 5.67. The molecule has 3 aromatic carbocycles. The smallest absolute Gasteiger partial charge is 0.166 e. The van der Waals surface area contributed by atoms with Crippen LogP contribution in [0.25, 0.3) is 16.7 Å². The summed E-state index contributed by atoms with van der Waals surface area (Å²) in [6, 6.07) is 15.5. The molecule has 3 aromatic rings. The van der Waals surface area contributed by atoms with Gasteiger partial charge in [-0.1, -0.05) is 42.5 Å². The lowest BCUT2D eigenvalue weighted by Crippen LogP contribution is -2.10. The molecule has 0 heterocycles. The molecule has 0 spiro atoms. The van der Waals surface area contributed by atoms with Crippen LogP contribution in [0, 0.1) is 23.4 Å². The molecule has 2 nitrogen and oxygen atoms in total. The summed E-state index contributed by atoms with van der Waals surface area (Å²) >= 11 is 0. The van der Waals surface area contributed by atoms with Crippen molar-refractivity contribution >= 4 is 5.57 Å². The van der Waals surface area contributed by atoms with Crippen LogP contribution >= 0.6 is 0 Å². The molecule has 0 fully saturated rings. The Morgan fingerprint density at radius 2 is 1.67 bits per heavy atom. The molecule has 0 aromatic heterocycles. The fourth-order valence-corrected chi connectivity index (χ4v) is 4.32. The van der Waals surface area contributed by atoms with Crippen LogP contribution in [0.4, 0.5) is 13.2 Å². The molecule has 5 heteroatoms. The SMILES string of the molecule is COc1ccc(-c2ccc(CCc3ccc(C4=CCC(CO)CC4)c(F)c3F)cc2)c(F)c1. The molecule has 1 atom stereocenters. The molecular formula is C28H27F3O2. The van der Waals surface area contributed by atoms with Gasteiger partial charge in [-0.15, -0.1) is 0 Å². The topological polar surface area (TPSA) is 29.5 Å². The van der Waals surface area contributed by atoms with Gasteiger partial charge in [0.1, 0.15) is 11.6 Å². The first kappa shape index (κ1) is 23.1. The molecule has 1 unspecified atom stereocenters. The summed E-state index contributed by atoms with van der Waals surface area (Å²) in [7, 11) is 1.49. The fraction of sp³-hybridized carbons (Fsp3) is 0.286. The van der Waals surface area contributed by atoms with Gasteiger partial charge in [0.15, 0.2) is 11.6 Å². The lowest BCUT2D eigenvalue weighted by Gasteiger charge is -2.21. The number of aliphatic hydroxyl groups is 1. The summed E-state index contributed by atoms with van der Waals surface area (Å²) in [6.07, 6.45) is 4.93. The van der Waals surface area contributed by atoms with E-state index < -0.39 is 11.6 Å². The van der Waals surface area contributed by atoms with Gasteiger partial charge in [-0.3, -0.25) is 0 Å².